The average Bonchev–Trinajstić information content (AvgIpc) is 2.70. The van der Waals surface area contributed by atoms with Crippen molar-refractivity contribution < 1.29 is 19.4 Å². The van der Waals surface area contributed by atoms with Gasteiger partial charge in [-0.15, -0.1) is 0 Å². The highest BCUT2D eigenvalue weighted by Gasteiger charge is 2.33. The van der Waals surface area contributed by atoms with Crippen molar-refractivity contribution in [1.82, 2.24) is 0 Å². The number of carboxylic acid groups (broad SMARTS) is 1. The number of hydrogen-bond acceptors (Lipinski definition) is 3. The number of rotatable bonds is 15. The van der Waals surface area contributed by atoms with Crippen LogP contribution in [0.4, 0.5) is 0 Å². The van der Waals surface area contributed by atoms with Gasteiger partial charge in [0.15, 0.2) is 0 Å². The highest BCUT2D eigenvalue weighted by molar-refractivity contribution is 5.75. The first-order valence-electron chi connectivity index (χ1n) is 11.9. The van der Waals surface area contributed by atoms with Gasteiger partial charge in [-0.25, -0.2) is 0 Å². The first-order valence-corrected chi connectivity index (χ1v) is 11.9. The minimum atomic E-state index is -0.768. The van der Waals surface area contributed by atoms with Gasteiger partial charge >= 0.3 is 11.9 Å². The van der Waals surface area contributed by atoms with Crippen molar-refractivity contribution in [2.24, 2.45) is 17.8 Å². The predicted molar refractivity (Wildman–Crippen MR) is 114 cm³/mol. The summed E-state index contributed by atoms with van der Waals surface area (Å²) in [6, 6.07) is 0. The van der Waals surface area contributed by atoms with Gasteiger partial charge in [-0.2, -0.15) is 0 Å². The van der Waals surface area contributed by atoms with Crippen LogP contribution in [0.25, 0.3) is 0 Å². The zero-order chi connectivity index (χ0) is 20.8. The van der Waals surface area contributed by atoms with Gasteiger partial charge in [0.25, 0.3) is 0 Å². The normalized spacial score (nSPS) is 21.8. The van der Waals surface area contributed by atoms with Gasteiger partial charge in [0.2, 0.25) is 0 Å². The summed E-state index contributed by atoms with van der Waals surface area (Å²) in [5.74, 6) is -0.906. The van der Waals surface area contributed by atoms with Crippen molar-refractivity contribution in [1.29, 1.82) is 0 Å². The number of ether oxygens (including phenoxy) is 1. The van der Waals surface area contributed by atoms with Crippen LogP contribution >= 0.6 is 0 Å². The fourth-order valence-corrected chi connectivity index (χ4v) is 4.44. The Morgan fingerprint density at radius 1 is 0.929 bits per heavy atom. The number of esters is 1. The highest BCUT2D eigenvalue weighted by atomic mass is 16.5. The van der Waals surface area contributed by atoms with Gasteiger partial charge in [-0.1, -0.05) is 78.6 Å². The van der Waals surface area contributed by atoms with Gasteiger partial charge < -0.3 is 9.84 Å². The maximum Gasteiger partial charge on any atom is 0.309 e. The summed E-state index contributed by atoms with van der Waals surface area (Å²) in [7, 11) is 0. The van der Waals surface area contributed by atoms with E-state index in [0.717, 1.165) is 38.5 Å². The molecule has 1 N–H and O–H groups in total. The van der Waals surface area contributed by atoms with Crippen molar-refractivity contribution in [2.75, 3.05) is 0 Å². The monoisotopic (exact) mass is 396 g/mol. The standard InChI is InChI=1S/C24H44O4/c1-4-7-9-10-11-16-22(17-19(6-3)13-8-5-2)28-24(27)21-15-12-14-20(18-21)23(25)26/h19-22H,4-18H2,1-3H3,(H,25,26). The number of carbonyl (C=O) groups is 2. The molecule has 0 aromatic rings. The molecule has 1 saturated carbocycles. The van der Waals surface area contributed by atoms with E-state index in [1.807, 2.05) is 0 Å². The quantitative estimate of drug-likeness (QED) is 0.245. The van der Waals surface area contributed by atoms with Crippen LogP contribution in [-0.2, 0) is 14.3 Å². The molecule has 0 spiro atoms. The van der Waals surface area contributed by atoms with E-state index in [2.05, 4.69) is 20.8 Å². The van der Waals surface area contributed by atoms with Crippen molar-refractivity contribution in [3.63, 3.8) is 0 Å². The first-order chi connectivity index (χ1) is 13.5. The van der Waals surface area contributed by atoms with E-state index in [0.29, 0.717) is 18.8 Å². The second-order valence-corrected chi connectivity index (χ2v) is 8.81. The van der Waals surface area contributed by atoms with Crippen molar-refractivity contribution >= 4 is 11.9 Å². The Morgan fingerprint density at radius 2 is 1.61 bits per heavy atom. The zero-order valence-electron chi connectivity index (χ0n) is 18.6. The molecule has 4 unspecified atom stereocenters. The van der Waals surface area contributed by atoms with Crippen molar-refractivity contribution in [2.45, 2.75) is 123 Å². The Hall–Kier alpha value is -1.06. The van der Waals surface area contributed by atoms with Crippen LogP contribution in [0.3, 0.4) is 0 Å². The van der Waals surface area contributed by atoms with E-state index < -0.39 is 5.97 Å². The summed E-state index contributed by atoms with van der Waals surface area (Å²) in [5, 5.41) is 9.29. The summed E-state index contributed by atoms with van der Waals surface area (Å²) in [6.45, 7) is 6.68. The number of hydrogen-bond donors (Lipinski definition) is 1. The van der Waals surface area contributed by atoms with E-state index in [4.69, 9.17) is 4.74 Å². The lowest BCUT2D eigenvalue weighted by Crippen LogP contribution is -2.31. The number of carbonyl (C=O) groups excluding carboxylic acids is 1. The van der Waals surface area contributed by atoms with Gasteiger partial charge in [0.05, 0.1) is 11.8 Å². The van der Waals surface area contributed by atoms with E-state index >= 15 is 0 Å². The van der Waals surface area contributed by atoms with Gasteiger partial charge in [-0.05, 0) is 44.4 Å². The van der Waals surface area contributed by atoms with Crippen LogP contribution in [0, 0.1) is 17.8 Å². The van der Waals surface area contributed by atoms with Gasteiger partial charge in [0.1, 0.15) is 6.10 Å². The Balaban J connectivity index is 2.60. The lowest BCUT2D eigenvalue weighted by atomic mass is 9.81. The second kappa shape index (κ2) is 14.9. The van der Waals surface area contributed by atoms with Crippen LogP contribution < -0.4 is 0 Å². The largest absolute Gasteiger partial charge is 0.481 e. The molecule has 1 aliphatic carbocycles. The highest BCUT2D eigenvalue weighted by Crippen LogP contribution is 2.31. The molecule has 0 bridgehead atoms. The van der Waals surface area contributed by atoms with E-state index in [1.165, 1.54) is 44.9 Å². The molecule has 4 atom stereocenters. The average molecular weight is 397 g/mol. The molecule has 164 valence electrons. The molecule has 0 heterocycles. The smallest absolute Gasteiger partial charge is 0.309 e. The third-order valence-electron chi connectivity index (χ3n) is 6.41. The molecule has 4 heteroatoms. The third-order valence-corrected chi connectivity index (χ3v) is 6.41. The molecule has 0 radical (unpaired) electrons. The van der Waals surface area contributed by atoms with E-state index in [-0.39, 0.29) is 23.9 Å². The van der Waals surface area contributed by atoms with E-state index in [9.17, 15) is 14.7 Å². The Kier molecular flexibility index (Phi) is 13.3. The predicted octanol–water partition coefficient (Wildman–Crippen LogP) is 6.76. The second-order valence-electron chi connectivity index (χ2n) is 8.81. The molecule has 4 nitrogen and oxygen atoms in total. The zero-order valence-corrected chi connectivity index (χ0v) is 18.6. The van der Waals surface area contributed by atoms with Crippen LogP contribution in [0.5, 0.6) is 0 Å². The SMILES string of the molecule is CCCCCCCC(CC(CC)CCCC)OC(=O)C1CCCC(C(=O)O)C1. The number of aliphatic carboxylic acids is 1. The Labute approximate surface area is 172 Å². The summed E-state index contributed by atoms with van der Waals surface area (Å²) in [5.41, 5.74) is 0. The Bertz CT molecular complexity index is 434. The molecule has 0 amide bonds. The van der Waals surface area contributed by atoms with Crippen LogP contribution in [-0.4, -0.2) is 23.1 Å². The molecule has 28 heavy (non-hydrogen) atoms. The molecule has 1 rings (SSSR count). The summed E-state index contributed by atoms with van der Waals surface area (Å²) < 4.78 is 6.01. The number of unbranched alkanes of at least 4 members (excludes halogenated alkanes) is 5. The van der Waals surface area contributed by atoms with Crippen LogP contribution in [0.2, 0.25) is 0 Å². The molecular formula is C24H44O4. The van der Waals surface area contributed by atoms with Gasteiger partial charge in [-0.3, -0.25) is 9.59 Å². The maximum absolute atomic E-state index is 12.8. The molecular weight excluding hydrogens is 352 g/mol. The molecule has 0 saturated heterocycles. The minimum Gasteiger partial charge on any atom is -0.481 e. The molecule has 1 aliphatic rings. The molecule has 0 aromatic carbocycles. The molecule has 0 aliphatic heterocycles. The lowest BCUT2D eigenvalue weighted by molar-refractivity contribution is -0.158. The molecule has 0 aromatic heterocycles. The number of carboxylic acids is 1. The van der Waals surface area contributed by atoms with Crippen LogP contribution in [0.1, 0.15) is 117 Å². The van der Waals surface area contributed by atoms with Crippen LogP contribution in [0.15, 0.2) is 0 Å². The van der Waals surface area contributed by atoms with Crippen molar-refractivity contribution in [3.8, 4) is 0 Å². The Morgan fingerprint density at radius 3 is 2.25 bits per heavy atom. The minimum absolute atomic E-state index is 0.00105. The van der Waals surface area contributed by atoms with E-state index in [1.54, 1.807) is 0 Å². The maximum atomic E-state index is 12.8. The summed E-state index contributed by atoms with van der Waals surface area (Å²) in [6.07, 6.45) is 15.5. The van der Waals surface area contributed by atoms with Gasteiger partial charge in [0, 0.05) is 0 Å². The fourth-order valence-electron chi connectivity index (χ4n) is 4.44. The summed E-state index contributed by atoms with van der Waals surface area (Å²) >= 11 is 0. The fraction of sp³-hybridized carbons (Fsp3) is 0.917. The third kappa shape index (κ3) is 9.93. The summed E-state index contributed by atoms with van der Waals surface area (Å²) in [4.78, 5) is 24.1. The molecule has 1 fully saturated rings. The lowest BCUT2D eigenvalue weighted by Gasteiger charge is -2.28. The topological polar surface area (TPSA) is 63.6 Å². The van der Waals surface area contributed by atoms with Crippen molar-refractivity contribution in [3.05, 3.63) is 0 Å². The first kappa shape index (κ1) is 25.0.